The number of nitrogens with zero attached hydrogens (tertiary/aromatic N) is 2. The van der Waals surface area contributed by atoms with Crippen molar-refractivity contribution in [2.75, 3.05) is 13.1 Å². The van der Waals surface area contributed by atoms with Crippen molar-refractivity contribution in [1.82, 2.24) is 15.5 Å². The molecule has 1 aliphatic heterocycles. The highest BCUT2D eigenvalue weighted by Gasteiger charge is 2.17. The summed E-state index contributed by atoms with van der Waals surface area (Å²) < 4.78 is 5.37. The lowest BCUT2D eigenvalue weighted by atomic mass is 9.96. The number of benzene rings is 1. The normalized spacial score (nSPS) is 18.8. The molecular weight excluding hydrogens is 282 g/mol. The van der Waals surface area contributed by atoms with Gasteiger partial charge < -0.3 is 9.84 Å². The van der Waals surface area contributed by atoms with Gasteiger partial charge in [0.2, 0.25) is 5.89 Å². The molecule has 1 aromatic carbocycles. The van der Waals surface area contributed by atoms with E-state index in [0.717, 1.165) is 37.0 Å². The van der Waals surface area contributed by atoms with Crippen molar-refractivity contribution in [3.8, 4) is 0 Å². The van der Waals surface area contributed by atoms with Gasteiger partial charge in [0.1, 0.15) is 0 Å². The van der Waals surface area contributed by atoms with Crippen molar-refractivity contribution >= 4 is 11.8 Å². The Morgan fingerprint density at radius 2 is 2.19 bits per heavy atom. The number of hydrogen-bond donors (Lipinski definition) is 1. The van der Waals surface area contributed by atoms with E-state index in [1.165, 1.54) is 23.3 Å². The maximum absolute atomic E-state index is 5.37. The van der Waals surface area contributed by atoms with Crippen LogP contribution in [0.25, 0.3) is 0 Å². The van der Waals surface area contributed by atoms with Crippen molar-refractivity contribution in [2.24, 2.45) is 5.92 Å². The van der Waals surface area contributed by atoms with Gasteiger partial charge in [-0.1, -0.05) is 22.9 Å². The quantitative estimate of drug-likeness (QED) is 0.860. The van der Waals surface area contributed by atoms with Crippen LogP contribution in [0.1, 0.15) is 30.1 Å². The maximum atomic E-state index is 5.37. The fourth-order valence-corrected chi connectivity index (χ4v) is 3.30. The lowest BCUT2D eigenvalue weighted by Crippen LogP contribution is -2.30. The fourth-order valence-electron chi connectivity index (χ4n) is 2.56. The topological polar surface area (TPSA) is 51.0 Å². The monoisotopic (exact) mass is 303 g/mol. The minimum atomic E-state index is 0.636. The first-order valence-electron chi connectivity index (χ1n) is 7.51. The minimum Gasteiger partial charge on any atom is -0.339 e. The third-order valence-electron chi connectivity index (χ3n) is 3.76. The lowest BCUT2D eigenvalue weighted by Gasteiger charge is -2.20. The van der Waals surface area contributed by atoms with Crippen LogP contribution in [-0.2, 0) is 12.2 Å². The zero-order chi connectivity index (χ0) is 14.5. The van der Waals surface area contributed by atoms with Crippen LogP contribution in [0.5, 0.6) is 0 Å². The van der Waals surface area contributed by atoms with Crippen LogP contribution in [0.4, 0.5) is 0 Å². The first-order valence-corrected chi connectivity index (χ1v) is 8.50. The third kappa shape index (κ3) is 4.32. The summed E-state index contributed by atoms with van der Waals surface area (Å²) in [5.41, 5.74) is 1.28. The van der Waals surface area contributed by atoms with E-state index in [0.29, 0.717) is 5.92 Å². The lowest BCUT2D eigenvalue weighted by molar-refractivity contribution is 0.315. The van der Waals surface area contributed by atoms with Crippen LogP contribution in [0, 0.1) is 12.8 Å². The molecule has 2 aromatic rings. The zero-order valence-electron chi connectivity index (χ0n) is 12.3. The molecule has 0 saturated carbocycles. The molecule has 1 fully saturated rings. The molecule has 4 nitrogen and oxygen atoms in total. The Morgan fingerprint density at radius 3 is 2.95 bits per heavy atom. The van der Waals surface area contributed by atoms with Gasteiger partial charge in [0.05, 0.1) is 5.75 Å². The van der Waals surface area contributed by atoms with Gasteiger partial charge >= 0.3 is 0 Å². The van der Waals surface area contributed by atoms with E-state index in [-0.39, 0.29) is 0 Å². The summed E-state index contributed by atoms with van der Waals surface area (Å²) in [5.74, 6) is 2.97. The van der Waals surface area contributed by atoms with Crippen molar-refractivity contribution in [1.29, 1.82) is 0 Å². The maximum Gasteiger partial charge on any atom is 0.226 e. The molecule has 2 heterocycles. The Kier molecular flexibility index (Phi) is 4.93. The summed E-state index contributed by atoms with van der Waals surface area (Å²) in [6, 6.07) is 8.52. The molecule has 0 bridgehead atoms. The highest BCUT2D eigenvalue weighted by molar-refractivity contribution is 7.98. The van der Waals surface area contributed by atoms with Crippen molar-refractivity contribution in [2.45, 2.75) is 36.8 Å². The number of nitrogens with one attached hydrogen (secondary N) is 1. The molecule has 1 unspecified atom stereocenters. The summed E-state index contributed by atoms with van der Waals surface area (Å²) in [6.07, 6.45) is 3.40. The van der Waals surface area contributed by atoms with E-state index < -0.39 is 0 Å². The summed E-state index contributed by atoms with van der Waals surface area (Å²) in [4.78, 5) is 5.75. The summed E-state index contributed by atoms with van der Waals surface area (Å²) in [5, 5.41) is 7.51. The van der Waals surface area contributed by atoms with E-state index in [2.05, 4.69) is 46.6 Å². The van der Waals surface area contributed by atoms with E-state index in [1.54, 1.807) is 11.8 Å². The number of hydrogen-bond acceptors (Lipinski definition) is 5. The van der Waals surface area contributed by atoms with Crippen molar-refractivity contribution in [3.63, 3.8) is 0 Å². The number of piperidine rings is 1. The van der Waals surface area contributed by atoms with Crippen LogP contribution in [0.15, 0.2) is 33.7 Å². The molecule has 0 radical (unpaired) electrons. The predicted molar refractivity (Wildman–Crippen MR) is 84.3 cm³/mol. The zero-order valence-corrected chi connectivity index (χ0v) is 13.2. The van der Waals surface area contributed by atoms with E-state index in [4.69, 9.17) is 4.52 Å². The minimum absolute atomic E-state index is 0.636. The average Bonchev–Trinajstić information content (AvgIpc) is 2.95. The van der Waals surface area contributed by atoms with Crippen molar-refractivity contribution in [3.05, 3.63) is 41.5 Å². The predicted octanol–water partition coefficient (Wildman–Crippen LogP) is 3.21. The average molecular weight is 303 g/mol. The Hall–Kier alpha value is -1.33. The summed E-state index contributed by atoms with van der Waals surface area (Å²) in [7, 11) is 0. The highest BCUT2D eigenvalue weighted by Crippen LogP contribution is 2.22. The summed E-state index contributed by atoms with van der Waals surface area (Å²) >= 11 is 1.74. The number of aryl methyl sites for hydroxylation is 1. The molecule has 0 amide bonds. The molecule has 0 aliphatic carbocycles. The third-order valence-corrected chi connectivity index (χ3v) is 4.77. The second-order valence-electron chi connectivity index (χ2n) is 5.62. The number of rotatable bonds is 5. The van der Waals surface area contributed by atoms with Crippen LogP contribution in [-0.4, -0.2) is 23.2 Å². The first-order chi connectivity index (χ1) is 10.3. The number of aromatic nitrogens is 2. The second kappa shape index (κ2) is 7.09. The van der Waals surface area contributed by atoms with E-state index in [9.17, 15) is 0 Å². The molecule has 5 heteroatoms. The fraction of sp³-hybridized carbons (Fsp3) is 0.500. The Labute approximate surface area is 129 Å². The second-order valence-corrected chi connectivity index (χ2v) is 6.67. The van der Waals surface area contributed by atoms with Crippen LogP contribution in [0.2, 0.25) is 0 Å². The van der Waals surface area contributed by atoms with Crippen LogP contribution in [0.3, 0.4) is 0 Å². The Bertz CT molecular complexity index is 561. The molecule has 112 valence electrons. The molecule has 1 aromatic heterocycles. The van der Waals surface area contributed by atoms with Crippen LogP contribution >= 0.6 is 11.8 Å². The SMILES string of the molecule is Cc1ccc(SCc2noc(CC3CCCNC3)n2)cc1. The largest absolute Gasteiger partial charge is 0.339 e. The van der Waals surface area contributed by atoms with Crippen LogP contribution < -0.4 is 5.32 Å². The number of thioether (sulfide) groups is 1. The van der Waals surface area contributed by atoms with Gasteiger partial charge in [-0.3, -0.25) is 0 Å². The molecular formula is C16H21N3OS. The molecule has 1 saturated heterocycles. The Balaban J connectivity index is 1.51. The van der Waals surface area contributed by atoms with Gasteiger partial charge in [-0.25, -0.2) is 0 Å². The van der Waals surface area contributed by atoms with Gasteiger partial charge in [-0.15, -0.1) is 11.8 Å². The van der Waals surface area contributed by atoms with Gasteiger partial charge in [0.25, 0.3) is 0 Å². The standard InChI is InChI=1S/C16H21N3OS/c1-12-4-6-14(7-5-12)21-11-15-18-16(20-19-15)9-13-3-2-8-17-10-13/h4-7,13,17H,2-3,8-11H2,1H3. The van der Waals surface area contributed by atoms with Crippen molar-refractivity contribution < 1.29 is 4.52 Å². The summed E-state index contributed by atoms with van der Waals surface area (Å²) in [6.45, 7) is 4.30. The first kappa shape index (κ1) is 14.6. The molecule has 1 N–H and O–H groups in total. The molecule has 1 aliphatic rings. The van der Waals surface area contributed by atoms with Gasteiger partial charge in [-0.2, -0.15) is 4.98 Å². The van der Waals surface area contributed by atoms with E-state index in [1.807, 2.05) is 0 Å². The smallest absolute Gasteiger partial charge is 0.226 e. The van der Waals surface area contributed by atoms with Gasteiger partial charge in [-0.05, 0) is 50.9 Å². The molecule has 21 heavy (non-hydrogen) atoms. The Morgan fingerprint density at radius 1 is 1.33 bits per heavy atom. The molecule has 1 atom stereocenters. The molecule has 0 spiro atoms. The van der Waals surface area contributed by atoms with Gasteiger partial charge in [0, 0.05) is 11.3 Å². The van der Waals surface area contributed by atoms with E-state index >= 15 is 0 Å². The highest BCUT2D eigenvalue weighted by atomic mass is 32.2. The molecule has 3 rings (SSSR count). The van der Waals surface area contributed by atoms with Gasteiger partial charge in [0.15, 0.2) is 5.82 Å².